The van der Waals surface area contributed by atoms with E-state index < -0.39 is 35.7 Å². The summed E-state index contributed by atoms with van der Waals surface area (Å²) in [6, 6.07) is 15.6. The summed E-state index contributed by atoms with van der Waals surface area (Å²) in [4.78, 5) is 12.9. The smallest absolute Gasteiger partial charge is 0.416 e. The molecule has 10 heteroatoms. The van der Waals surface area contributed by atoms with Crippen LogP contribution in [0.2, 0.25) is 5.02 Å². The highest BCUT2D eigenvalue weighted by Crippen LogP contribution is 2.35. The molecule has 0 aliphatic rings. The third-order valence-corrected chi connectivity index (χ3v) is 5.42. The fourth-order valence-electron chi connectivity index (χ4n) is 3.21. The average molecular weight is 521 g/mol. The van der Waals surface area contributed by atoms with Gasteiger partial charge in [-0.05, 0) is 48.4 Å². The van der Waals surface area contributed by atoms with Crippen LogP contribution in [0.15, 0.2) is 66.7 Å². The van der Waals surface area contributed by atoms with Gasteiger partial charge in [0.2, 0.25) is 6.10 Å². The summed E-state index contributed by atoms with van der Waals surface area (Å²) in [6.45, 7) is 3.37. The lowest BCUT2D eigenvalue weighted by Crippen LogP contribution is -2.36. The minimum absolute atomic E-state index is 0.0918. The Morgan fingerprint density at radius 2 is 1.75 bits per heavy atom. The van der Waals surface area contributed by atoms with Crippen molar-refractivity contribution in [3.63, 3.8) is 0 Å². The van der Waals surface area contributed by atoms with Crippen molar-refractivity contribution in [2.45, 2.75) is 32.2 Å². The normalized spacial score (nSPS) is 13.0. The summed E-state index contributed by atoms with van der Waals surface area (Å²) >= 11 is 6.00. The van der Waals surface area contributed by atoms with Crippen molar-refractivity contribution in [3.05, 3.63) is 88.7 Å². The van der Waals surface area contributed by atoms with Crippen molar-refractivity contribution in [3.8, 4) is 17.6 Å². The van der Waals surface area contributed by atoms with Crippen LogP contribution in [0.25, 0.3) is 0 Å². The second-order valence-electron chi connectivity index (χ2n) is 8.11. The van der Waals surface area contributed by atoms with Gasteiger partial charge in [-0.1, -0.05) is 49.7 Å². The highest BCUT2D eigenvalue weighted by atomic mass is 35.5. The predicted octanol–water partition coefficient (Wildman–Crippen LogP) is 7.53. The topological polar surface area (TPSA) is 71.3 Å². The van der Waals surface area contributed by atoms with Crippen LogP contribution >= 0.6 is 11.6 Å². The molecule has 0 fully saturated rings. The van der Waals surface area contributed by atoms with Crippen molar-refractivity contribution >= 4 is 23.3 Å². The maximum Gasteiger partial charge on any atom is 0.416 e. The summed E-state index contributed by atoms with van der Waals surface area (Å²) < 4.78 is 64.0. The Labute approximate surface area is 210 Å². The zero-order chi connectivity index (χ0) is 26.5. The standard InChI is InChI=1S/C26H21ClF4N2O3/c1-15(2)24(33-21-11-9-17(13-19(21)27)26(29,30)31)25(34)36-23(14-32)16-8-10-20(28)22(12-16)35-18-6-4-3-5-7-18/h3-13,15,23-24,33H,1-2H3/t23-,24+/m0/s1. The second kappa shape index (κ2) is 11.3. The summed E-state index contributed by atoms with van der Waals surface area (Å²) in [5.74, 6) is -1.70. The van der Waals surface area contributed by atoms with Gasteiger partial charge in [-0.25, -0.2) is 9.18 Å². The Morgan fingerprint density at radius 1 is 1.06 bits per heavy atom. The number of nitriles is 1. The van der Waals surface area contributed by atoms with E-state index in [0.717, 1.165) is 24.3 Å². The van der Waals surface area contributed by atoms with Crippen molar-refractivity contribution in [1.82, 2.24) is 0 Å². The third kappa shape index (κ3) is 6.67. The lowest BCUT2D eigenvalue weighted by Gasteiger charge is -2.24. The molecule has 188 valence electrons. The molecule has 0 aromatic heterocycles. The number of nitrogens with zero attached hydrogens (tertiary/aromatic N) is 1. The van der Waals surface area contributed by atoms with Gasteiger partial charge < -0.3 is 14.8 Å². The van der Waals surface area contributed by atoms with Gasteiger partial charge >= 0.3 is 12.1 Å². The highest BCUT2D eigenvalue weighted by molar-refractivity contribution is 6.33. The number of esters is 1. The largest absolute Gasteiger partial charge is 0.454 e. The average Bonchev–Trinajstić information content (AvgIpc) is 2.83. The molecule has 36 heavy (non-hydrogen) atoms. The first-order valence-electron chi connectivity index (χ1n) is 10.8. The lowest BCUT2D eigenvalue weighted by molar-refractivity contribution is -0.149. The van der Waals surface area contributed by atoms with E-state index in [9.17, 15) is 27.6 Å². The Morgan fingerprint density at radius 3 is 2.33 bits per heavy atom. The maximum absolute atomic E-state index is 14.3. The van der Waals surface area contributed by atoms with Gasteiger partial charge in [0, 0.05) is 5.56 Å². The zero-order valence-electron chi connectivity index (χ0n) is 19.1. The number of ether oxygens (including phenoxy) is 2. The Kier molecular flexibility index (Phi) is 8.43. The molecule has 1 N–H and O–H groups in total. The van der Waals surface area contributed by atoms with Gasteiger partial charge in [0.15, 0.2) is 11.6 Å². The summed E-state index contributed by atoms with van der Waals surface area (Å²) in [7, 11) is 0. The van der Waals surface area contributed by atoms with E-state index in [4.69, 9.17) is 21.1 Å². The number of carbonyl (C=O) groups excluding carboxylic acids is 1. The van der Waals surface area contributed by atoms with Crippen LogP contribution in [0.1, 0.15) is 31.1 Å². The Hall–Kier alpha value is -3.77. The van der Waals surface area contributed by atoms with Gasteiger partial charge in [0.05, 0.1) is 16.3 Å². The number of halogens is 5. The predicted molar refractivity (Wildman–Crippen MR) is 126 cm³/mol. The van der Waals surface area contributed by atoms with Crippen molar-refractivity contribution < 1.29 is 31.8 Å². The number of nitrogens with one attached hydrogen (secondary N) is 1. The van der Waals surface area contributed by atoms with Crippen LogP contribution in [0.4, 0.5) is 23.2 Å². The summed E-state index contributed by atoms with van der Waals surface area (Å²) in [5.41, 5.74) is -0.668. The molecule has 5 nitrogen and oxygen atoms in total. The zero-order valence-corrected chi connectivity index (χ0v) is 19.9. The number of para-hydroxylation sites is 1. The van der Waals surface area contributed by atoms with Gasteiger partial charge in [0.1, 0.15) is 17.9 Å². The number of hydrogen-bond acceptors (Lipinski definition) is 5. The molecule has 0 spiro atoms. The van der Waals surface area contributed by atoms with Crippen molar-refractivity contribution in [2.24, 2.45) is 5.92 Å². The monoisotopic (exact) mass is 520 g/mol. The molecule has 0 amide bonds. The molecule has 3 rings (SSSR count). The number of rotatable bonds is 8. The Balaban J connectivity index is 1.79. The van der Waals surface area contributed by atoms with Crippen LogP contribution < -0.4 is 10.1 Å². The molecule has 0 bridgehead atoms. The van der Waals surface area contributed by atoms with E-state index in [2.05, 4.69) is 5.32 Å². The van der Waals surface area contributed by atoms with E-state index >= 15 is 0 Å². The van der Waals surface area contributed by atoms with Crippen LogP contribution in [0.5, 0.6) is 11.5 Å². The van der Waals surface area contributed by atoms with E-state index in [1.807, 2.05) is 6.07 Å². The molecule has 3 aromatic rings. The second-order valence-corrected chi connectivity index (χ2v) is 8.52. The minimum Gasteiger partial charge on any atom is -0.454 e. The van der Waals surface area contributed by atoms with Crippen molar-refractivity contribution in [2.75, 3.05) is 5.32 Å². The first-order valence-corrected chi connectivity index (χ1v) is 11.1. The number of carbonyl (C=O) groups is 1. The van der Waals surface area contributed by atoms with Crippen molar-refractivity contribution in [1.29, 1.82) is 5.26 Å². The first-order chi connectivity index (χ1) is 17.0. The SMILES string of the molecule is CC(C)[C@@H](Nc1ccc(C(F)(F)F)cc1Cl)C(=O)O[C@@H](C#N)c1ccc(F)c(Oc2ccccc2)c1. The van der Waals surface area contributed by atoms with Crippen LogP contribution in [-0.4, -0.2) is 12.0 Å². The van der Waals surface area contributed by atoms with Crippen LogP contribution in [0, 0.1) is 23.1 Å². The number of hydrogen-bond donors (Lipinski definition) is 1. The third-order valence-electron chi connectivity index (χ3n) is 5.11. The van der Waals surface area contributed by atoms with E-state index in [1.54, 1.807) is 44.2 Å². The van der Waals surface area contributed by atoms with Gasteiger partial charge in [-0.2, -0.15) is 18.4 Å². The van der Waals surface area contributed by atoms with E-state index in [0.29, 0.717) is 5.75 Å². The summed E-state index contributed by atoms with van der Waals surface area (Å²) in [5, 5.41) is 12.2. The first kappa shape index (κ1) is 26.8. The maximum atomic E-state index is 14.3. The molecule has 0 heterocycles. The molecule has 0 radical (unpaired) electrons. The number of alkyl halides is 3. The fraction of sp³-hybridized carbons (Fsp3) is 0.231. The van der Waals surface area contributed by atoms with Crippen LogP contribution in [-0.2, 0) is 15.7 Å². The quantitative estimate of drug-likeness (QED) is 0.245. The van der Waals surface area contributed by atoms with Gasteiger partial charge in [-0.15, -0.1) is 0 Å². The minimum atomic E-state index is -4.57. The molecule has 0 aliphatic carbocycles. The number of benzene rings is 3. The molecular weight excluding hydrogens is 500 g/mol. The molecular formula is C26H21ClF4N2O3. The summed E-state index contributed by atoms with van der Waals surface area (Å²) in [6.07, 6.45) is -5.97. The highest BCUT2D eigenvalue weighted by Gasteiger charge is 2.32. The van der Waals surface area contributed by atoms with Gasteiger partial charge in [0.25, 0.3) is 0 Å². The molecule has 0 saturated heterocycles. The fourth-order valence-corrected chi connectivity index (χ4v) is 3.44. The lowest BCUT2D eigenvalue weighted by atomic mass is 10.0. The molecule has 3 aromatic carbocycles. The van der Waals surface area contributed by atoms with Crippen LogP contribution in [0.3, 0.4) is 0 Å². The Bertz CT molecular complexity index is 1260. The van der Waals surface area contributed by atoms with Gasteiger partial charge in [-0.3, -0.25) is 0 Å². The molecule has 2 atom stereocenters. The molecule has 0 unspecified atom stereocenters. The van der Waals surface area contributed by atoms with E-state index in [1.165, 1.54) is 12.1 Å². The van der Waals surface area contributed by atoms with E-state index in [-0.39, 0.29) is 27.9 Å². The molecule has 0 saturated carbocycles. The molecule has 0 aliphatic heterocycles. The number of anilines is 1.